The van der Waals surface area contributed by atoms with Crippen molar-refractivity contribution in [2.24, 2.45) is 0 Å². The van der Waals surface area contributed by atoms with Crippen molar-refractivity contribution >= 4 is 16.0 Å². The van der Waals surface area contributed by atoms with Crippen LogP contribution in [0.1, 0.15) is 28.4 Å². The predicted octanol–water partition coefficient (Wildman–Crippen LogP) is 0.0232. The number of hydrogen-bond donors (Lipinski definition) is 4. The number of aliphatic hydroxyl groups excluding tert-OH is 1. The summed E-state index contributed by atoms with van der Waals surface area (Å²) in [5, 5.41) is 27.5. The van der Waals surface area contributed by atoms with E-state index in [-0.39, 0.29) is 17.0 Å². The van der Waals surface area contributed by atoms with Gasteiger partial charge in [-0.2, -0.15) is 0 Å². The van der Waals surface area contributed by atoms with Crippen molar-refractivity contribution < 1.29 is 28.5 Å². The van der Waals surface area contributed by atoms with Crippen LogP contribution < -0.4 is 4.72 Å². The lowest BCUT2D eigenvalue weighted by Gasteiger charge is -2.21. The molecule has 0 aliphatic carbocycles. The normalized spacial score (nSPS) is 14.7. The Morgan fingerprint density at radius 1 is 1.33 bits per heavy atom. The van der Waals surface area contributed by atoms with E-state index in [0.717, 1.165) is 6.07 Å². The van der Waals surface area contributed by atoms with E-state index < -0.39 is 28.2 Å². The summed E-state index contributed by atoms with van der Waals surface area (Å²) in [6, 6.07) is 2.46. The van der Waals surface area contributed by atoms with Crippen molar-refractivity contribution in [1.29, 1.82) is 0 Å². The van der Waals surface area contributed by atoms with Crippen molar-refractivity contribution in [2.45, 2.75) is 31.3 Å². The zero-order valence-corrected chi connectivity index (χ0v) is 12.9. The lowest BCUT2D eigenvalue weighted by atomic mass is 10.1. The Morgan fingerprint density at radius 2 is 1.90 bits per heavy atom. The van der Waals surface area contributed by atoms with Crippen molar-refractivity contribution in [3.05, 3.63) is 28.8 Å². The molecule has 8 heteroatoms. The SMILES string of the molecule is Cc1cc(C(=O)O)cc(S(=O)(=O)NCC(C)(O)CO)c1C. The lowest BCUT2D eigenvalue weighted by molar-refractivity contribution is 0.00680. The molecule has 1 rings (SSSR count). The number of aryl methyl sites for hydroxylation is 1. The number of carboxylic acid groups (broad SMARTS) is 1. The highest BCUT2D eigenvalue weighted by atomic mass is 32.2. The van der Waals surface area contributed by atoms with E-state index in [0.29, 0.717) is 11.1 Å². The van der Waals surface area contributed by atoms with Crippen molar-refractivity contribution in [2.75, 3.05) is 13.2 Å². The summed E-state index contributed by atoms with van der Waals surface area (Å²) in [6.07, 6.45) is 0. The molecule has 1 atom stereocenters. The number of rotatable bonds is 6. The number of aromatic carboxylic acids is 1. The van der Waals surface area contributed by atoms with Gasteiger partial charge in [0.05, 0.1) is 22.7 Å². The zero-order valence-electron chi connectivity index (χ0n) is 12.0. The monoisotopic (exact) mass is 317 g/mol. The Balaban J connectivity index is 3.22. The van der Waals surface area contributed by atoms with Crippen LogP contribution in [0.4, 0.5) is 0 Å². The molecule has 118 valence electrons. The molecule has 7 nitrogen and oxygen atoms in total. The third-order valence-electron chi connectivity index (χ3n) is 3.14. The summed E-state index contributed by atoms with van der Waals surface area (Å²) >= 11 is 0. The summed E-state index contributed by atoms with van der Waals surface area (Å²) in [6.45, 7) is 3.47. The highest BCUT2D eigenvalue weighted by Crippen LogP contribution is 2.21. The maximum absolute atomic E-state index is 12.2. The summed E-state index contributed by atoms with van der Waals surface area (Å²) < 4.78 is 26.7. The minimum Gasteiger partial charge on any atom is -0.478 e. The van der Waals surface area contributed by atoms with Gasteiger partial charge in [0.25, 0.3) is 0 Å². The van der Waals surface area contributed by atoms with Crippen LogP contribution in [-0.2, 0) is 10.0 Å². The topological polar surface area (TPSA) is 124 Å². The Labute approximate surface area is 123 Å². The molecule has 4 N–H and O–H groups in total. The van der Waals surface area contributed by atoms with Crippen LogP contribution in [0.25, 0.3) is 0 Å². The molecule has 0 aliphatic heterocycles. The molecule has 0 amide bonds. The van der Waals surface area contributed by atoms with Crippen LogP contribution in [0.15, 0.2) is 17.0 Å². The fraction of sp³-hybridized carbons (Fsp3) is 0.462. The van der Waals surface area contributed by atoms with Gasteiger partial charge in [-0.15, -0.1) is 0 Å². The largest absolute Gasteiger partial charge is 0.478 e. The van der Waals surface area contributed by atoms with Gasteiger partial charge in [0.15, 0.2) is 0 Å². The number of carbonyl (C=O) groups is 1. The van der Waals surface area contributed by atoms with E-state index >= 15 is 0 Å². The Bertz CT molecular complexity index is 651. The molecule has 0 heterocycles. The van der Waals surface area contributed by atoms with E-state index in [1.165, 1.54) is 13.0 Å². The Morgan fingerprint density at radius 3 is 2.38 bits per heavy atom. The van der Waals surface area contributed by atoms with Crippen molar-refractivity contribution in [1.82, 2.24) is 4.72 Å². The summed E-state index contributed by atoms with van der Waals surface area (Å²) in [5.41, 5.74) is -0.770. The third-order valence-corrected chi connectivity index (χ3v) is 4.67. The van der Waals surface area contributed by atoms with E-state index in [1.54, 1.807) is 13.8 Å². The van der Waals surface area contributed by atoms with Crippen LogP contribution in [0, 0.1) is 13.8 Å². The first-order valence-corrected chi connectivity index (χ1v) is 7.66. The van der Waals surface area contributed by atoms with Crippen molar-refractivity contribution in [3.63, 3.8) is 0 Å². The van der Waals surface area contributed by atoms with Crippen LogP contribution in [0.5, 0.6) is 0 Å². The molecule has 0 aliphatic rings. The molecule has 1 aromatic rings. The van der Waals surface area contributed by atoms with Crippen LogP contribution >= 0.6 is 0 Å². The molecular weight excluding hydrogens is 298 g/mol. The third kappa shape index (κ3) is 4.24. The minimum absolute atomic E-state index is 0.132. The fourth-order valence-corrected chi connectivity index (χ4v) is 3.12. The second kappa shape index (κ2) is 6.10. The summed E-state index contributed by atoms with van der Waals surface area (Å²) in [7, 11) is -4.00. The molecule has 0 saturated carbocycles. The lowest BCUT2D eigenvalue weighted by Crippen LogP contribution is -2.43. The van der Waals surface area contributed by atoms with Gasteiger partial charge >= 0.3 is 5.97 Å². The maximum atomic E-state index is 12.2. The number of benzene rings is 1. The number of carboxylic acids is 1. The van der Waals surface area contributed by atoms with Crippen LogP contribution in [-0.4, -0.2) is 48.5 Å². The molecular formula is C13H19NO6S. The van der Waals surface area contributed by atoms with Gasteiger partial charge in [0.2, 0.25) is 10.0 Å². The highest BCUT2D eigenvalue weighted by Gasteiger charge is 2.25. The van der Waals surface area contributed by atoms with Gasteiger partial charge in [0, 0.05) is 6.54 Å². The van der Waals surface area contributed by atoms with Crippen LogP contribution in [0.2, 0.25) is 0 Å². The van der Waals surface area contributed by atoms with Crippen LogP contribution in [0.3, 0.4) is 0 Å². The van der Waals surface area contributed by atoms with Gasteiger partial charge in [-0.3, -0.25) is 0 Å². The van der Waals surface area contributed by atoms with E-state index in [1.807, 2.05) is 0 Å². The van der Waals surface area contributed by atoms with Gasteiger partial charge in [-0.05, 0) is 44.0 Å². The Hall–Kier alpha value is -1.48. The maximum Gasteiger partial charge on any atom is 0.335 e. The van der Waals surface area contributed by atoms with Gasteiger partial charge in [-0.1, -0.05) is 0 Å². The van der Waals surface area contributed by atoms with E-state index in [9.17, 15) is 18.3 Å². The summed E-state index contributed by atoms with van der Waals surface area (Å²) in [4.78, 5) is 10.9. The molecule has 21 heavy (non-hydrogen) atoms. The number of hydrogen-bond acceptors (Lipinski definition) is 5. The average Bonchev–Trinajstić information content (AvgIpc) is 2.39. The zero-order chi connectivity index (χ0) is 16.4. The molecule has 1 unspecified atom stereocenters. The first-order chi connectivity index (χ1) is 9.50. The van der Waals surface area contributed by atoms with Gasteiger partial charge < -0.3 is 15.3 Å². The molecule has 0 bridgehead atoms. The standard InChI is InChI=1S/C13H19NO6S/c1-8-4-10(12(16)17)5-11(9(8)2)21(19,20)14-6-13(3,18)7-15/h4-5,14-15,18H,6-7H2,1-3H3,(H,16,17). The second-order valence-corrected chi connectivity index (χ2v) is 6.94. The molecule has 0 fully saturated rings. The first-order valence-electron chi connectivity index (χ1n) is 6.17. The molecule has 0 spiro atoms. The number of sulfonamides is 1. The van der Waals surface area contributed by atoms with Gasteiger partial charge in [0.1, 0.15) is 0 Å². The molecule has 0 saturated heterocycles. The molecule has 0 radical (unpaired) electrons. The van der Waals surface area contributed by atoms with E-state index in [2.05, 4.69) is 4.72 Å². The second-order valence-electron chi connectivity index (χ2n) is 5.20. The molecule has 1 aromatic carbocycles. The Kier molecular flexibility index (Phi) is 5.11. The average molecular weight is 317 g/mol. The first kappa shape index (κ1) is 17.6. The number of aliphatic hydroxyl groups is 2. The smallest absolute Gasteiger partial charge is 0.335 e. The highest BCUT2D eigenvalue weighted by molar-refractivity contribution is 7.89. The predicted molar refractivity (Wildman–Crippen MR) is 75.8 cm³/mol. The van der Waals surface area contributed by atoms with E-state index in [4.69, 9.17) is 10.2 Å². The number of nitrogens with one attached hydrogen (secondary N) is 1. The summed E-state index contributed by atoms with van der Waals surface area (Å²) in [5.74, 6) is -1.23. The quantitative estimate of drug-likeness (QED) is 0.586. The van der Waals surface area contributed by atoms with Crippen molar-refractivity contribution in [3.8, 4) is 0 Å². The van der Waals surface area contributed by atoms with Gasteiger partial charge in [-0.25, -0.2) is 17.9 Å². The minimum atomic E-state index is -4.00. The fourth-order valence-electron chi connectivity index (χ4n) is 1.61. The molecule has 0 aromatic heterocycles.